The van der Waals surface area contributed by atoms with Gasteiger partial charge >= 0.3 is 0 Å². The molecule has 14 heteroatoms. The van der Waals surface area contributed by atoms with Gasteiger partial charge in [0, 0.05) is 6.42 Å². The highest BCUT2D eigenvalue weighted by Gasteiger charge is 2.51. The summed E-state index contributed by atoms with van der Waals surface area (Å²) in [5.74, 6) is -0.241. The standard InChI is InChI=1S/C75H133NO13/c1-3-5-7-9-11-13-15-17-19-21-23-25-27-29-30-31-32-33-34-35-37-39-41-43-45-47-49-51-53-55-57-59-67(80)76-63(62-86-74-72(85)70(83)73(66(61-78)88-74)89-75-71(84)69(82)68(81)65(60-77)87-75)64(79)58-56-54-52-50-48-46-44-42-40-38-36-28-26-24-22-20-18-16-14-12-10-8-6-4-2/h5,7,11,13,17,19,23,25,29-30,32-33,56,58,63-66,68-75,77-79,81-85H,3-4,6,8-10,12,14-16,18,20-22,24,26-28,31,34-55,57,59-62H2,1-2H3,(H,76,80)/b7-5-,13-11-,19-17-,25-23-,30-29-,33-32-,58-56+. The summed E-state index contributed by atoms with van der Waals surface area (Å²) in [6.45, 7) is 2.72. The second-order valence-corrected chi connectivity index (χ2v) is 25.3. The zero-order chi connectivity index (χ0) is 64.5. The number of carbonyl (C=O) groups excluding carboxylic acids is 1. The van der Waals surface area contributed by atoms with Crippen LogP contribution < -0.4 is 5.32 Å². The Morgan fingerprint density at radius 2 is 0.775 bits per heavy atom. The Bertz CT molecular complexity index is 1820. The molecule has 2 saturated heterocycles. The number of rotatable bonds is 59. The van der Waals surface area contributed by atoms with Crippen LogP contribution in [0.3, 0.4) is 0 Å². The summed E-state index contributed by atoms with van der Waals surface area (Å²) < 4.78 is 22.9. The molecule has 2 fully saturated rings. The second-order valence-electron chi connectivity index (χ2n) is 25.3. The molecule has 0 spiro atoms. The van der Waals surface area contributed by atoms with E-state index < -0.39 is 86.8 Å². The van der Waals surface area contributed by atoms with E-state index in [4.69, 9.17) is 18.9 Å². The van der Waals surface area contributed by atoms with Gasteiger partial charge in [-0.25, -0.2) is 0 Å². The first-order valence-electron chi connectivity index (χ1n) is 36.3. The minimum Gasteiger partial charge on any atom is -0.394 e. The smallest absolute Gasteiger partial charge is 0.220 e. The van der Waals surface area contributed by atoms with Gasteiger partial charge in [-0.05, 0) is 70.6 Å². The Morgan fingerprint density at radius 3 is 1.19 bits per heavy atom. The van der Waals surface area contributed by atoms with Crippen molar-refractivity contribution in [2.24, 2.45) is 0 Å². The summed E-state index contributed by atoms with van der Waals surface area (Å²) in [7, 11) is 0. The van der Waals surface area contributed by atoms with Gasteiger partial charge in [0.15, 0.2) is 12.6 Å². The van der Waals surface area contributed by atoms with E-state index in [1.807, 2.05) is 6.08 Å². The lowest BCUT2D eigenvalue weighted by molar-refractivity contribution is -0.359. The van der Waals surface area contributed by atoms with Crippen molar-refractivity contribution in [3.8, 4) is 0 Å². The molecule has 12 atom stereocenters. The third-order valence-electron chi connectivity index (χ3n) is 17.3. The first-order chi connectivity index (χ1) is 43.6. The maximum Gasteiger partial charge on any atom is 0.220 e. The minimum absolute atomic E-state index is 0.241. The Morgan fingerprint density at radius 1 is 0.416 bits per heavy atom. The Labute approximate surface area is 541 Å². The van der Waals surface area contributed by atoms with Gasteiger partial charge in [-0.15, -0.1) is 0 Å². The summed E-state index contributed by atoms with van der Waals surface area (Å²) in [4.78, 5) is 13.4. The highest BCUT2D eigenvalue weighted by atomic mass is 16.7. The Kier molecular flexibility index (Phi) is 54.5. The van der Waals surface area contributed by atoms with Gasteiger partial charge in [0.25, 0.3) is 0 Å². The highest BCUT2D eigenvalue weighted by Crippen LogP contribution is 2.30. The molecule has 9 N–H and O–H groups in total. The molecule has 2 aliphatic rings. The lowest BCUT2D eigenvalue weighted by Gasteiger charge is -2.46. The van der Waals surface area contributed by atoms with Gasteiger partial charge in [-0.2, -0.15) is 0 Å². The monoisotopic (exact) mass is 1260 g/mol. The molecular weight excluding hydrogens is 1120 g/mol. The number of hydrogen-bond acceptors (Lipinski definition) is 13. The molecule has 516 valence electrons. The molecule has 2 aliphatic heterocycles. The molecule has 14 nitrogen and oxygen atoms in total. The van der Waals surface area contributed by atoms with Crippen molar-refractivity contribution in [3.05, 3.63) is 85.1 Å². The van der Waals surface area contributed by atoms with Crippen molar-refractivity contribution in [1.29, 1.82) is 0 Å². The van der Waals surface area contributed by atoms with E-state index in [1.54, 1.807) is 6.08 Å². The molecule has 0 aromatic heterocycles. The van der Waals surface area contributed by atoms with Crippen LogP contribution in [0.2, 0.25) is 0 Å². The predicted molar refractivity (Wildman–Crippen MR) is 364 cm³/mol. The van der Waals surface area contributed by atoms with Crippen LogP contribution in [-0.4, -0.2) is 140 Å². The van der Waals surface area contributed by atoms with E-state index in [0.717, 1.165) is 83.5 Å². The van der Waals surface area contributed by atoms with Crippen molar-refractivity contribution in [3.63, 3.8) is 0 Å². The summed E-state index contributed by atoms with van der Waals surface area (Å²) in [6, 6.07) is -0.922. The average Bonchev–Trinajstić information content (AvgIpc) is 2.53. The van der Waals surface area contributed by atoms with E-state index in [2.05, 4.69) is 92.1 Å². The number of allylic oxidation sites excluding steroid dienone is 13. The number of ether oxygens (including phenoxy) is 4. The number of nitrogens with one attached hydrogen (secondary N) is 1. The number of hydrogen-bond donors (Lipinski definition) is 9. The maximum atomic E-state index is 13.4. The second kappa shape index (κ2) is 59.0. The fraction of sp³-hybridized carbons (Fsp3) is 0.800. The molecule has 0 aromatic carbocycles. The van der Waals surface area contributed by atoms with Crippen molar-refractivity contribution >= 4 is 5.91 Å². The highest BCUT2D eigenvalue weighted by molar-refractivity contribution is 5.76. The van der Waals surface area contributed by atoms with E-state index in [-0.39, 0.29) is 18.9 Å². The largest absolute Gasteiger partial charge is 0.394 e. The summed E-state index contributed by atoms with van der Waals surface area (Å²) in [5, 5.41) is 87.5. The molecule has 2 rings (SSSR count). The first kappa shape index (κ1) is 82.3. The van der Waals surface area contributed by atoms with Crippen LogP contribution >= 0.6 is 0 Å². The number of aliphatic hydroxyl groups is 8. The van der Waals surface area contributed by atoms with Crippen LogP contribution in [0.4, 0.5) is 0 Å². The van der Waals surface area contributed by atoms with E-state index in [1.165, 1.54) is 180 Å². The number of amides is 1. The van der Waals surface area contributed by atoms with Gasteiger partial charge in [0.1, 0.15) is 48.8 Å². The van der Waals surface area contributed by atoms with Gasteiger partial charge in [0.05, 0.1) is 32.0 Å². The molecule has 0 aliphatic carbocycles. The molecule has 12 unspecified atom stereocenters. The van der Waals surface area contributed by atoms with Crippen molar-refractivity contribution < 1.29 is 64.6 Å². The molecule has 0 radical (unpaired) electrons. The third-order valence-corrected chi connectivity index (χ3v) is 17.3. The molecule has 0 saturated carbocycles. The van der Waals surface area contributed by atoms with Crippen LogP contribution in [0, 0.1) is 0 Å². The zero-order valence-corrected chi connectivity index (χ0v) is 56.2. The SMILES string of the molecule is CC/C=C\C/C=C\C/C=C\C/C=C\C/C=C\C/C=C\CCCCCCCCCCCCCCC(=O)NC(COC1OC(CO)C(OC2OC(CO)C(O)C(O)C2O)C(O)C1O)C(O)/C=C/CCCCCCCCCCCCCCCCCCCCCCCC. The van der Waals surface area contributed by atoms with Crippen LogP contribution in [-0.2, 0) is 23.7 Å². The normalized spacial score (nSPS) is 23.5. The molecule has 2 heterocycles. The van der Waals surface area contributed by atoms with Gasteiger partial charge < -0.3 is 65.1 Å². The van der Waals surface area contributed by atoms with Crippen molar-refractivity contribution in [2.75, 3.05) is 19.8 Å². The Balaban J connectivity index is 1.67. The number of unbranched alkanes of at least 4 members (excludes halogenated alkanes) is 34. The van der Waals surface area contributed by atoms with Crippen molar-refractivity contribution in [2.45, 2.75) is 364 Å². The van der Waals surface area contributed by atoms with E-state index >= 15 is 0 Å². The van der Waals surface area contributed by atoms with Gasteiger partial charge in [-0.1, -0.05) is 298 Å². The van der Waals surface area contributed by atoms with Crippen LogP contribution in [0.15, 0.2) is 85.1 Å². The average molecular weight is 1260 g/mol. The maximum absolute atomic E-state index is 13.4. The zero-order valence-electron chi connectivity index (χ0n) is 56.2. The van der Waals surface area contributed by atoms with Crippen LogP contribution in [0.1, 0.15) is 290 Å². The topological polar surface area (TPSA) is 228 Å². The van der Waals surface area contributed by atoms with Crippen LogP contribution in [0.5, 0.6) is 0 Å². The quantitative estimate of drug-likeness (QED) is 0.0204. The third kappa shape index (κ3) is 42.9. The molecule has 0 bridgehead atoms. The lowest BCUT2D eigenvalue weighted by Crippen LogP contribution is -2.65. The van der Waals surface area contributed by atoms with Crippen LogP contribution in [0.25, 0.3) is 0 Å². The minimum atomic E-state index is -1.79. The molecule has 0 aromatic rings. The predicted octanol–water partition coefficient (Wildman–Crippen LogP) is 15.2. The van der Waals surface area contributed by atoms with E-state index in [9.17, 15) is 45.6 Å². The molecule has 89 heavy (non-hydrogen) atoms. The first-order valence-corrected chi connectivity index (χ1v) is 36.3. The molecular formula is C75H133NO13. The fourth-order valence-electron chi connectivity index (χ4n) is 11.6. The fourth-order valence-corrected chi connectivity index (χ4v) is 11.6. The van der Waals surface area contributed by atoms with Crippen molar-refractivity contribution in [1.82, 2.24) is 5.32 Å². The lowest BCUT2D eigenvalue weighted by atomic mass is 9.97. The summed E-state index contributed by atoms with van der Waals surface area (Å²) in [6.07, 6.45) is 64.9. The summed E-state index contributed by atoms with van der Waals surface area (Å²) in [5.41, 5.74) is 0. The van der Waals surface area contributed by atoms with Gasteiger partial charge in [0.2, 0.25) is 5.91 Å². The number of aliphatic hydroxyl groups excluding tert-OH is 8. The van der Waals surface area contributed by atoms with Gasteiger partial charge in [-0.3, -0.25) is 4.79 Å². The summed E-state index contributed by atoms with van der Waals surface area (Å²) >= 11 is 0. The number of carbonyl (C=O) groups is 1. The molecule has 1 amide bonds. The Hall–Kier alpha value is -2.83. The van der Waals surface area contributed by atoms with E-state index in [0.29, 0.717) is 6.42 Å².